The molecule has 0 atom stereocenters. The summed E-state index contributed by atoms with van der Waals surface area (Å²) in [5.41, 5.74) is 0. The maximum atomic E-state index is 9.64. The number of rotatable bonds is 2. The highest BCUT2D eigenvalue weighted by molar-refractivity contribution is 8.67. The van der Waals surface area contributed by atoms with Crippen molar-refractivity contribution in [2.75, 3.05) is 0 Å². The lowest BCUT2D eigenvalue weighted by Crippen LogP contribution is -1.66. The van der Waals surface area contributed by atoms with E-state index in [0.717, 1.165) is 0 Å². The zero-order valence-electron chi connectivity index (χ0n) is 2.53. The van der Waals surface area contributed by atoms with Crippen LogP contribution in [0.2, 0.25) is 0 Å². The minimum Gasteiger partial charge on any atom is -0.598 e. The molecule has 0 aliphatic rings. The summed E-state index contributed by atoms with van der Waals surface area (Å²) in [5, 5.41) is 0. The van der Waals surface area contributed by atoms with Crippen LogP contribution in [-0.4, -0.2) is 4.55 Å². The first-order valence-electron chi connectivity index (χ1n) is 0.897. The van der Waals surface area contributed by atoms with Crippen LogP contribution in [0.1, 0.15) is 0 Å². The lowest BCUT2D eigenvalue weighted by atomic mass is 15.9. The third-order valence-corrected chi connectivity index (χ3v) is 2.35. The third-order valence-electron chi connectivity index (χ3n) is 0.128. The summed E-state index contributed by atoms with van der Waals surface area (Å²) in [6.45, 7) is 0. The van der Waals surface area contributed by atoms with Gasteiger partial charge in [-0.05, 0) is 0 Å². The van der Waals surface area contributed by atoms with E-state index in [0.29, 0.717) is 0 Å². The normalized spacial score (nSPS) is 15.5. The highest BCUT2D eigenvalue weighted by Crippen LogP contribution is 2.19. The van der Waals surface area contributed by atoms with Crippen molar-refractivity contribution in [1.29, 1.82) is 0 Å². The molecule has 0 aliphatic carbocycles. The van der Waals surface area contributed by atoms with Crippen molar-refractivity contribution in [2.24, 2.45) is 0 Å². The summed E-state index contributed by atoms with van der Waals surface area (Å²) in [6, 6.07) is 0. The van der Waals surface area contributed by atoms with Gasteiger partial charge in [-0.3, -0.25) is 0 Å². The number of hydrogen-bond donors (Lipinski definition) is 0. The standard InChI is InChI=1S/O3P2S/c1-4-6(3)5-2. The van der Waals surface area contributed by atoms with Gasteiger partial charge in [0.2, 0.25) is 0 Å². The summed E-state index contributed by atoms with van der Waals surface area (Å²) in [5.74, 6) is 0. The van der Waals surface area contributed by atoms with Crippen LogP contribution in [0.5, 0.6) is 0 Å². The first kappa shape index (κ1) is 6.51. The maximum absolute atomic E-state index is 9.64. The van der Waals surface area contributed by atoms with E-state index in [2.05, 4.69) is 0 Å². The van der Waals surface area contributed by atoms with E-state index in [1.54, 1.807) is 0 Å². The van der Waals surface area contributed by atoms with Gasteiger partial charge in [0.15, 0.2) is 0 Å². The lowest BCUT2D eigenvalue weighted by molar-refractivity contribution is 0.587. The molecule has 0 amide bonds. The van der Waals surface area contributed by atoms with Gasteiger partial charge in [-0.15, -0.1) is 0 Å². The van der Waals surface area contributed by atoms with Crippen LogP contribution in [-0.2, 0) is 19.5 Å². The van der Waals surface area contributed by atoms with Gasteiger partial charge in [-0.25, -0.2) is 9.13 Å². The molecule has 0 rings (SSSR count). The zero-order chi connectivity index (χ0) is 4.99. The molecule has 0 bridgehead atoms. The monoisotopic (exact) mass is 142 g/mol. The van der Waals surface area contributed by atoms with Crippen LogP contribution in [0.4, 0.5) is 0 Å². The van der Waals surface area contributed by atoms with Crippen molar-refractivity contribution in [3.8, 4) is 0 Å². The molecule has 6 heteroatoms. The van der Waals surface area contributed by atoms with E-state index >= 15 is 0 Å². The molecule has 0 aliphatic heterocycles. The second-order valence-corrected chi connectivity index (χ2v) is 4.89. The first-order valence-corrected chi connectivity index (χ1v) is 4.88. The van der Waals surface area contributed by atoms with Gasteiger partial charge < -0.3 is 4.55 Å². The SMILES string of the molecule is O=P[S+]([O-])P=O. The molecule has 0 spiro atoms. The molecule has 0 unspecified atom stereocenters. The fourth-order valence-corrected chi connectivity index (χ4v) is 0.367. The third kappa shape index (κ3) is 2.73. The Morgan fingerprint density at radius 2 is 1.67 bits per heavy atom. The van der Waals surface area contributed by atoms with Crippen LogP contribution < -0.4 is 0 Å². The van der Waals surface area contributed by atoms with Crippen molar-refractivity contribution < 1.29 is 13.7 Å². The van der Waals surface area contributed by atoms with E-state index in [1.807, 2.05) is 0 Å². The molecule has 34 valence electrons. The van der Waals surface area contributed by atoms with Gasteiger partial charge in [0.05, 0.1) is 0 Å². The molecule has 0 heterocycles. The molecular formula is O3P2S. The molecule has 3 nitrogen and oxygen atoms in total. The lowest BCUT2D eigenvalue weighted by Gasteiger charge is -1.77. The molecule has 0 aromatic rings. The second-order valence-electron chi connectivity index (χ2n) is 0.380. The summed E-state index contributed by atoms with van der Waals surface area (Å²) in [6.07, 6.45) is 0. The average Bonchev–Trinajstić information content (AvgIpc) is 1.65. The highest BCUT2D eigenvalue weighted by Gasteiger charge is 2.01. The summed E-state index contributed by atoms with van der Waals surface area (Å²) in [4.78, 5) is 0. The fraction of sp³-hybridized carbons (Fsp3) is 0. The van der Waals surface area contributed by atoms with E-state index < -0.39 is 25.7 Å². The van der Waals surface area contributed by atoms with Gasteiger partial charge in [0.25, 0.3) is 0 Å². The average molecular weight is 142 g/mol. The Hall–Kier alpha value is 0.510. The Labute approximate surface area is 40.2 Å². The van der Waals surface area contributed by atoms with Gasteiger partial charge in [0.1, 0.15) is 10.4 Å². The maximum Gasteiger partial charge on any atom is 0.437 e. The second kappa shape index (κ2) is 3.69. The van der Waals surface area contributed by atoms with Crippen molar-refractivity contribution in [3.63, 3.8) is 0 Å². The summed E-state index contributed by atoms with van der Waals surface area (Å²) < 4.78 is 28.3. The van der Waals surface area contributed by atoms with Crippen molar-refractivity contribution in [2.45, 2.75) is 0 Å². The molecule has 0 aromatic carbocycles. The van der Waals surface area contributed by atoms with Gasteiger partial charge >= 0.3 is 15.3 Å². The topological polar surface area (TPSA) is 57.2 Å². The van der Waals surface area contributed by atoms with E-state index in [9.17, 15) is 13.7 Å². The Kier molecular flexibility index (Phi) is 4.01. The van der Waals surface area contributed by atoms with Crippen LogP contribution >= 0.6 is 15.3 Å². The summed E-state index contributed by atoms with van der Waals surface area (Å²) >= 11 is 0. The van der Waals surface area contributed by atoms with Gasteiger partial charge in [-0.2, -0.15) is 0 Å². The van der Waals surface area contributed by atoms with E-state index in [-0.39, 0.29) is 0 Å². The predicted molar refractivity (Wildman–Crippen MR) is 23.4 cm³/mol. The molecule has 0 aromatic heterocycles. The minimum absolute atomic E-state index is 0.574. The van der Waals surface area contributed by atoms with Gasteiger partial charge in [-0.1, -0.05) is 0 Å². The molecule has 0 saturated carbocycles. The molecule has 0 fully saturated rings. The molecule has 0 radical (unpaired) electrons. The molecular weight excluding hydrogens is 142 g/mol. The van der Waals surface area contributed by atoms with E-state index in [1.165, 1.54) is 0 Å². The van der Waals surface area contributed by atoms with Crippen LogP contribution in [0.15, 0.2) is 0 Å². The largest absolute Gasteiger partial charge is 0.598 e. The van der Waals surface area contributed by atoms with Gasteiger partial charge in [0, 0.05) is 0 Å². The quantitative estimate of drug-likeness (QED) is 0.429. The molecule has 0 N–H and O–H groups in total. The highest BCUT2D eigenvalue weighted by atomic mass is 33.1. The fourth-order valence-electron chi connectivity index (χ4n) is 0.0136. The Balaban J connectivity index is 3.21. The Morgan fingerprint density at radius 3 is 1.67 bits per heavy atom. The Morgan fingerprint density at radius 1 is 1.33 bits per heavy atom. The van der Waals surface area contributed by atoms with Crippen molar-refractivity contribution in [3.05, 3.63) is 0 Å². The van der Waals surface area contributed by atoms with Crippen LogP contribution in [0.3, 0.4) is 0 Å². The van der Waals surface area contributed by atoms with Crippen LogP contribution in [0.25, 0.3) is 0 Å². The first-order chi connectivity index (χ1) is 2.81. The van der Waals surface area contributed by atoms with E-state index in [4.69, 9.17) is 0 Å². The van der Waals surface area contributed by atoms with Crippen molar-refractivity contribution >= 4 is 25.7 Å². The zero-order valence-corrected chi connectivity index (χ0v) is 5.13. The summed E-state index contributed by atoms with van der Waals surface area (Å²) in [7, 11) is -2.85. The molecule has 6 heavy (non-hydrogen) atoms. The van der Waals surface area contributed by atoms with Crippen molar-refractivity contribution in [1.82, 2.24) is 0 Å². The van der Waals surface area contributed by atoms with Crippen LogP contribution in [0, 0.1) is 0 Å². The molecule has 0 saturated heterocycles. The smallest absolute Gasteiger partial charge is 0.437 e. The minimum atomic E-state index is -1.70. The Bertz CT molecular complexity index is 53.8. The predicted octanol–water partition coefficient (Wildman–Crippen LogP) is 1.15. The number of hydrogen-bond acceptors (Lipinski definition) is 3.